The minimum absolute atomic E-state index is 0.00922. The largest absolute Gasteiger partial charge is 0.493 e. The summed E-state index contributed by atoms with van der Waals surface area (Å²) in [5.74, 6) is 0.522. The monoisotopic (exact) mass is 728 g/mol. The van der Waals surface area contributed by atoms with Crippen molar-refractivity contribution in [2.75, 3.05) is 46.2 Å². The highest BCUT2D eigenvalue weighted by molar-refractivity contribution is 5.88. The van der Waals surface area contributed by atoms with Gasteiger partial charge in [-0.15, -0.1) is 0 Å². The van der Waals surface area contributed by atoms with Gasteiger partial charge in [0.25, 0.3) is 6.08 Å². The SMILES string of the molecule is C=C(CO)C(=O)OCCOc1ccc(-c2ccc(-c3ccc(-c4ccc(OCCOC(=O)C(=C)CO)cc4)cc3OCCCCC=C(F)F)cc2)cc1. The number of carbonyl (C=O) groups excluding carboxylic acids is 2. The summed E-state index contributed by atoms with van der Waals surface area (Å²) in [6, 6.07) is 28.9. The van der Waals surface area contributed by atoms with Crippen LogP contribution in [0.4, 0.5) is 8.78 Å². The fourth-order valence-corrected chi connectivity index (χ4v) is 4.95. The van der Waals surface area contributed by atoms with E-state index in [0.29, 0.717) is 36.7 Å². The zero-order valence-electron chi connectivity index (χ0n) is 29.2. The highest BCUT2D eigenvalue weighted by atomic mass is 19.3. The van der Waals surface area contributed by atoms with Crippen LogP contribution in [0.5, 0.6) is 17.2 Å². The Labute approximate surface area is 307 Å². The van der Waals surface area contributed by atoms with Gasteiger partial charge >= 0.3 is 11.9 Å². The summed E-state index contributed by atoms with van der Waals surface area (Å²) in [7, 11) is 0. The molecule has 0 radical (unpaired) electrons. The number of halogens is 2. The predicted octanol–water partition coefficient (Wildman–Crippen LogP) is 7.96. The zero-order chi connectivity index (χ0) is 38.0. The fraction of sp³-hybridized carbons (Fsp3) is 0.238. The molecule has 0 amide bonds. The lowest BCUT2D eigenvalue weighted by Crippen LogP contribution is -2.14. The third-order valence-electron chi connectivity index (χ3n) is 7.84. The second-order valence-electron chi connectivity index (χ2n) is 11.7. The van der Waals surface area contributed by atoms with E-state index in [-0.39, 0.29) is 44.0 Å². The van der Waals surface area contributed by atoms with Crippen LogP contribution in [0.2, 0.25) is 0 Å². The van der Waals surface area contributed by atoms with Gasteiger partial charge in [-0.2, -0.15) is 8.78 Å². The van der Waals surface area contributed by atoms with Gasteiger partial charge in [-0.25, -0.2) is 9.59 Å². The van der Waals surface area contributed by atoms with E-state index in [2.05, 4.69) is 13.2 Å². The molecule has 0 aromatic heterocycles. The van der Waals surface area contributed by atoms with Crippen LogP contribution in [0.1, 0.15) is 19.3 Å². The minimum Gasteiger partial charge on any atom is -0.493 e. The van der Waals surface area contributed by atoms with Gasteiger partial charge in [0.15, 0.2) is 0 Å². The number of allylic oxidation sites excluding steroid dienone is 1. The van der Waals surface area contributed by atoms with Crippen LogP contribution in [0.15, 0.2) is 127 Å². The number of esters is 2. The molecule has 0 unspecified atom stereocenters. The average molecular weight is 729 g/mol. The number of aliphatic hydroxyl groups is 2. The molecule has 0 fully saturated rings. The number of ether oxygens (including phenoxy) is 5. The summed E-state index contributed by atoms with van der Waals surface area (Å²) < 4.78 is 52.5. The first kappa shape index (κ1) is 40.0. The molecule has 4 aromatic carbocycles. The summed E-state index contributed by atoms with van der Waals surface area (Å²) in [6.07, 6.45) is 0.683. The minimum atomic E-state index is -1.68. The molecule has 0 spiro atoms. The Bertz CT molecular complexity index is 1850. The molecule has 4 aromatic rings. The lowest BCUT2D eigenvalue weighted by molar-refractivity contribution is -0.141. The Morgan fingerprint density at radius 1 is 0.566 bits per heavy atom. The summed E-state index contributed by atoms with van der Waals surface area (Å²) in [5, 5.41) is 17.9. The van der Waals surface area contributed by atoms with Gasteiger partial charge in [0.05, 0.1) is 31.0 Å². The number of hydrogen-bond donors (Lipinski definition) is 2. The fourth-order valence-electron chi connectivity index (χ4n) is 4.95. The van der Waals surface area contributed by atoms with Crippen molar-refractivity contribution in [1.29, 1.82) is 0 Å². The summed E-state index contributed by atoms with van der Waals surface area (Å²) >= 11 is 0. The van der Waals surface area contributed by atoms with Crippen LogP contribution in [-0.4, -0.2) is 68.4 Å². The lowest BCUT2D eigenvalue weighted by atomic mass is 9.97. The van der Waals surface area contributed by atoms with E-state index >= 15 is 0 Å². The number of carbonyl (C=O) groups is 2. The van der Waals surface area contributed by atoms with Gasteiger partial charge in [-0.3, -0.25) is 0 Å². The maximum atomic E-state index is 12.5. The molecule has 2 N–H and O–H groups in total. The maximum absolute atomic E-state index is 12.5. The van der Waals surface area contributed by atoms with Crippen LogP contribution in [0, 0.1) is 0 Å². The second-order valence-corrected chi connectivity index (χ2v) is 11.7. The lowest BCUT2D eigenvalue weighted by Gasteiger charge is -2.15. The molecule has 9 nitrogen and oxygen atoms in total. The van der Waals surface area contributed by atoms with Crippen molar-refractivity contribution in [3.63, 3.8) is 0 Å². The van der Waals surface area contributed by atoms with Gasteiger partial charge in [0.1, 0.15) is 43.7 Å². The Hall–Kier alpha value is -5.78. The standard InChI is InChI=1S/C42H42F2O9/c1-29(27-45)41(47)52-24-22-49-36-16-11-32(12-17-36)31-7-9-34(10-8-31)38-20-15-35(26-39(38)51-21-5-3-4-6-40(43)44)33-13-18-37(19-14-33)50-23-25-53-42(48)30(2)28-46/h6-20,26,45-46H,1-5,21-25,27-28H2. The van der Waals surface area contributed by atoms with E-state index in [1.54, 1.807) is 0 Å². The number of hydrogen-bond acceptors (Lipinski definition) is 9. The van der Waals surface area contributed by atoms with Crippen LogP contribution >= 0.6 is 0 Å². The topological polar surface area (TPSA) is 121 Å². The summed E-state index contributed by atoms with van der Waals surface area (Å²) in [4.78, 5) is 23.2. The molecular weight excluding hydrogens is 686 g/mol. The predicted molar refractivity (Wildman–Crippen MR) is 198 cm³/mol. The molecule has 0 aliphatic heterocycles. The Morgan fingerprint density at radius 2 is 1.02 bits per heavy atom. The quantitative estimate of drug-likeness (QED) is 0.0500. The molecule has 53 heavy (non-hydrogen) atoms. The third-order valence-corrected chi connectivity index (χ3v) is 7.84. The van der Waals surface area contributed by atoms with Crippen LogP contribution in [-0.2, 0) is 19.1 Å². The molecule has 0 heterocycles. The zero-order valence-corrected chi connectivity index (χ0v) is 29.2. The first-order valence-electron chi connectivity index (χ1n) is 16.9. The summed E-state index contributed by atoms with van der Waals surface area (Å²) in [6.45, 7) is 6.59. The normalized spacial score (nSPS) is 10.6. The van der Waals surface area contributed by atoms with Gasteiger partial charge < -0.3 is 33.9 Å². The van der Waals surface area contributed by atoms with E-state index in [0.717, 1.165) is 39.5 Å². The van der Waals surface area contributed by atoms with Gasteiger partial charge in [-0.1, -0.05) is 73.8 Å². The smallest absolute Gasteiger partial charge is 0.335 e. The van der Waals surface area contributed by atoms with Gasteiger partial charge in [0, 0.05) is 5.56 Å². The van der Waals surface area contributed by atoms with Crippen molar-refractivity contribution in [3.05, 3.63) is 127 Å². The molecule has 0 atom stereocenters. The van der Waals surface area contributed by atoms with Crippen molar-refractivity contribution in [3.8, 4) is 50.6 Å². The van der Waals surface area contributed by atoms with Gasteiger partial charge in [0.2, 0.25) is 0 Å². The highest BCUT2D eigenvalue weighted by Crippen LogP contribution is 2.36. The molecule has 4 rings (SSSR count). The maximum Gasteiger partial charge on any atom is 0.335 e. The first-order chi connectivity index (χ1) is 25.7. The average Bonchev–Trinajstić information content (AvgIpc) is 3.19. The Kier molecular flexibility index (Phi) is 15.8. The number of rotatable bonds is 21. The second kappa shape index (κ2) is 20.9. The first-order valence-corrected chi connectivity index (χ1v) is 16.9. The van der Waals surface area contributed by atoms with Crippen molar-refractivity contribution in [1.82, 2.24) is 0 Å². The molecule has 0 bridgehead atoms. The van der Waals surface area contributed by atoms with Crippen LogP contribution < -0.4 is 14.2 Å². The number of benzene rings is 4. The molecule has 0 aliphatic rings. The molecule has 11 heteroatoms. The third kappa shape index (κ3) is 12.7. The van der Waals surface area contributed by atoms with Crippen LogP contribution in [0.25, 0.3) is 33.4 Å². The van der Waals surface area contributed by atoms with E-state index in [4.69, 9.17) is 33.9 Å². The van der Waals surface area contributed by atoms with Crippen molar-refractivity contribution >= 4 is 11.9 Å². The van der Waals surface area contributed by atoms with Crippen molar-refractivity contribution in [2.45, 2.75) is 19.3 Å². The van der Waals surface area contributed by atoms with E-state index in [1.165, 1.54) is 0 Å². The number of aliphatic hydroxyl groups excluding tert-OH is 2. The van der Waals surface area contributed by atoms with Crippen molar-refractivity contribution < 1.29 is 52.3 Å². The van der Waals surface area contributed by atoms with Crippen LogP contribution in [0.3, 0.4) is 0 Å². The highest BCUT2D eigenvalue weighted by Gasteiger charge is 2.12. The van der Waals surface area contributed by atoms with Gasteiger partial charge in [-0.05, 0) is 83.5 Å². The van der Waals surface area contributed by atoms with Crippen molar-refractivity contribution in [2.24, 2.45) is 0 Å². The molecule has 0 aliphatic carbocycles. The van der Waals surface area contributed by atoms with E-state index < -0.39 is 31.2 Å². The molecule has 0 saturated heterocycles. The molecular formula is C42H42F2O9. The summed E-state index contributed by atoms with van der Waals surface area (Å²) in [5.41, 5.74) is 5.55. The molecule has 278 valence electrons. The van der Waals surface area contributed by atoms with E-state index in [9.17, 15) is 18.4 Å². The molecule has 0 saturated carbocycles. The Morgan fingerprint density at radius 3 is 1.51 bits per heavy atom. The Balaban J connectivity index is 1.42. The van der Waals surface area contributed by atoms with E-state index in [1.807, 2.05) is 91.0 Å². The number of unbranched alkanes of at least 4 members (excludes halogenated alkanes) is 2.